The number of hydrogen-bond acceptors (Lipinski definition) is 4. The maximum atomic E-state index is 4.77. The molecule has 1 fully saturated rings. The van der Waals surface area contributed by atoms with Gasteiger partial charge in [-0.05, 0) is 68.5 Å². The molecule has 5 rings (SSSR count). The van der Waals surface area contributed by atoms with Gasteiger partial charge in [-0.25, -0.2) is 9.97 Å². The van der Waals surface area contributed by atoms with Crippen molar-refractivity contribution in [2.45, 2.75) is 43.9 Å². The molecule has 1 aromatic carbocycles. The fourth-order valence-electron chi connectivity index (χ4n) is 5.00. The van der Waals surface area contributed by atoms with Gasteiger partial charge in [-0.3, -0.25) is 0 Å². The molecule has 1 aliphatic carbocycles. The first-order chi connectivity index (χ1) is 12.2. The fraction of sp³-hybridized carbons (Fsp3) is 0.500. The number of hydrogen-bond donors (Lipinski definition) is 1. The molecule has 0 saturated carbocycles. The van der Waals surface area contributed by atoms with Crippen LogP contribution in [0.4, 0.5) is 11.5 Å². The van der Waals surface area contributed by atoms with E-state index in [0.29, 0.717) is 5.92 Å². The number of nitrogens with zero attached hydrogens (tertiary/aromatic N) is 3. The summed E-state index contributed by atoms with van der Waals surface area (Å²) >= 11 is 3.69. The SMILES string of the molecule is CC1CCc2ncnc(N3CC4(CCNCC4)c4cc(Br)ccc43)c21.Cl.Cl. The van der Waals surface area contributed by atoms with Crippen molar-refractivity contribution < 1.29 is 0 Å². The van der Waals surface area contributed by atoms with E-state index in [0.717, 1.165) is 31.9 Å². The summed E-state index contributed by atoms with van der Waals surface area (Å²) in [7, 11) is 0. The topological polar surface area (TPSA) is 41.1 Å². The van der Waals surface area contributed by atoms with Gasteiger partial charge in [0.2, 0.25) is 0 Å². The third-order valence-electron chi connectivity index (χ3n) is 6.35. The molecule has 1 aromatic heterocycles. The quantitative estimate of drug-likeness (QED) is 0.641. The molecular formula is C20H25BrCl2N4. The lowest BCUT2D eigenvalue weighted by atomic mass is 9.75. The van der Waals surface area contributed by atoms with Crippen LogP contribution in [0, 0.1) is 0 Å². The van der Waals surface area contributed by atoms with Gasteiger partial charge >= 0.3 is 0 Å². The van der Waals surface area contributed by atoms with Crippen molar-refractivity contribution in [3.63, 3.8) is 0 Å². The van der Waals surface area contributed by atoms with Crippen molar-refractivity contribution in [1.29, 1.82) is 0 Å². The zero-order chi connectivity index (χ0) is 17.0. The second kappa shape index (κ2) is 7.86. The first kappa shape index (κ1) is 20.8. The highest BCUT2D eigenvalue weighted by Crippen LogP contribution is 2.51. The smallest absolute Gasteiger partial charge is 0.140 e. The molecule has 3 heterocycles. The Balaban J connectivity index is 0.00000105. The standard InChI is InChI=1S/C20H23BrN4.2ClH/c1-13-2-4-16-18(13)19(24-12-23-16)25-11-20(6-8-22-9-7-20)15-10-14(21)3-5-17(15)25;;/h3,5,10,12-13,22H,2,4,6-9,11H2,1H3;2*1H. The molecule has 0 amide bonds. The second-order valence-corrected chi connectivity index (χ2v) is 8.69. The Morgan fingerprint density at radius 1 is 1.19 bits per heavy atom. The molecule has 7 heteroatoms. The van der Waals surface area contributed by atoms with E-state index in [4.69, 9.17) is 4.98 Å². The van der Waals surface area contributed by atoms with Gasteiger partial charge in [-0.15, -0.1) is 24.8 Å². The van der Waals surface area contributed by atoms with Crippen molar-refractivity contribution in [2.75, 3.05) is 24.5 Å². The molecule has 1 saturated heterocycles. The van der Waals surface area contributed by atoms with Gasteiger partial charge in [-0.2, -0.15) is 0 Å². The maximum Gasteiger partial charge on any atom is 0.140 e. The van der Waals surface area contributed by atoms with E-state index < -0.39 is 0 Å². The third kappa shape index (κ3) is 3.27. The summed E-state index contributed by atoms with van der Waals surface area (Å²) in [6.45, 7) is 5.55. The van der Waals surface area contributed by atoms with E-state index in [1.54, 1.807) is 6.33 Å². The highest BCUT2D eigenvalue weighted by atomic mass is 79.9. The Hall–Kier alpha value is -0.880. The second-order valence-electron chi connectivity index (χ2n) is 7.78. The Labute approximate surface area is 181 Å². The molecule has 0 radical (unpaired) electrons. The average molecular weight is 472 g/mol. The van der Waals surface area contributed by atoms with E-state index >= 15 is 0 Å². The molecule has 3 aliphatic rings. The van der Waals surface area contributed by atoms with Crippen LogP contribution in [0.5, 0.6) is 0 Å². The zero-order valence-corrected chi connectivity index (χ0v) is 18.6. The van der Waals surface area contributed by atoms with Gasteiger partial charge in [0.15, 0.2) is 0 Å². The molecule has 2 aromatic rings. The van der Waals surface area contributed by atoms with Gasteiger partial charge in [0.05, 0.1) is 0 Å². The first-order valence-corrected chi connectivity index (χ1v) is 10.1. The first-order valence-electron chi connectivity index (χ1n) is 9.30. The monoisotopic (exact) mass is 470 g/mol. The molecule has 1 spiro atoms. The number of benzene rings is 1. The Morgan fingerprint density at radius 2 is 1.96 bits per heavy atom. The van der Waals surface area contributed by atoms with Crippen LogP contribution in [0.3, 0.4) is 0 Å². The highest BCUT2D eigenvalue weighted by Gasteiger charge is 2.45. The van der Waals surface area contributed by atoms with Crippen LogP contribution in [0.15, 0.2) is 29.0 Å². The molecule has 1 atom stereocenters. The predicted molar refractivity (Wildman–Crippen MR) is 118 cm³/mol. The summed E-state index contributed by atoms with van der Waals surface area (Å²) in [5, 5.41) is 3.53. The van der Waals surface area contributed by atoms with E-state index in [-0.39, 0.29) is 30.2 Å². The van der Waals surface area contributed by atoms with E-state index in [9.17, 15) is 0 Å². The van der Waals surface area contributed by atoms with Crippen LogP contribution < -0.4 is 10.2 Å². The number of fused-ring (bicyclic) bond motifs is 3. The lowest BCUT2D eigenvalue weighted by Crippen LogP contribution is -2.42. The van der Waals surface area contributed by atoms with Crippen molar-refractivity contribution in [1.82, 2.24) is 15.3 Å². The van der Waals surface area contributed by atoms with Crippen molar-refractivity contribution in [2.24, 2.45) is 0 Å². The van der Waals surface area contributed by atoms with Gasteiger partial charge in [0.25, 0.3) is 0 Å². The number of halogens is 3. The van der Waals surface area contributed by atoms with Crippen molar-refractivity contribution in [3.05, 3.63) is 45.8 Å². The summed E-state index contributed by atoms with van der Waals surface area (Å²) < 4.78 is 1.17. The summed E-state index contributed by atoms with van der Waals surface area (Å²) in [6.07, 6.45) is 6.42. The van der Waals surface area contributed by atoms with Gasteiger partial charge in [0.1, 0.15) is 12.1 Å². The van der Waals surface area contributed by atoms with Crippen LogP contribution in [0.2, 0.25) is 0 Å². The number of piperidine rings is 1. The summed E-state index contributed by atoms with van der Waals surface area (Å²) in [4.78, 5) is 11.8. The average Bonchev–Trinajstić information content (AvgIpc) is 3.15. The number of rotatable bonds is 1. The Kier molecular flexibility index (Phi) is 6.07. The predicted octanol–water partition coefficient (Wildman–Crippen LogP) is 4.91. The molecular weight excluding hydrogens is 447 g/mol. The van der Waals surface area contributed by atoms with Gasteiger partial charge in [-0.1, -0.05) is 22.9 Å². The van der Waals surface area contributed by atoms with Crippen LogP contribution >= 0.6 is 40.7 Å². The summed E-state index contributed by atoms with van der Waals surface area (Å²) in [6, 6.07) is 6.77. The summed E-state index contributed by atoms with van der Waals surface area (Å²) in [5.41, 5.74) is 5.69. The minimum atomic E-state index is 0. The molecule has 0 bridgehead atoms. The van der Waals surface area contributed by atoms with Gasteiger partial charge in [0, 0.05) is 33.4 Å². The van der Waals surface area contributed by atoms with Crippen molar-refractivity contribution in [3.8, 4) is 0 Å². The van der Waals surface area contributed by atoms with Crippen molar-refractivity contribution >= 4 is 52.2 Å². The largest absolute Gasteiger partial charge is 0.325 e. The highest BCUT2D eigenvalue weighted by molar-refractivity contribution is 9.10. The normalized spacial score (nSPS) is 22.0. The van der Waals surface area contributed by atoms with Crippen LogP contribution in [-0.2, 0) is 11.8 Å². The molecule has 2 aliphatic heterocycles. The Morgan fingerprint density at radius 3 is 2.74 bits per heavy atom. The maximum absolute atomic E-state index is 4.77. The zero-order valence-electron chi connectivity index (χ0n) is 15.4. The molecule has 27 heavy (non-hydrogen) atoms. The lowest BCUT2D eigenvalue weighted by molar-refractivity contribution is 0.329. The van der Waals surface area contributed by atoms with Crippen LogP contribution in [-0.4, -0.2) is 29.6 Å². The van der Waals surface area contributed by atoms with Crippen LogP contribution in [0.25, 0.3) is 0 Å². The van der Waals surface area contributed by atoms with E-state index in [1.807, 2.05) is 0 Å². The minimum absolute atomic E-state index is 0. The van der Waals surface area contributed by atoms with E-state index in [1.165, 1.54) is 46.2 Å². The summed E-state index contributed by atoms with van der Waals surface area (Å²) in [5.74, 6) is 1.70. The molecule has 146 valence electrons. The molecule has 4 nitrogen and oxygen atoms in total. The van der Waals surface area contributed by atoms with E-state index in [2.05, 4.69) is 56.3 Å². The van der Waals surface area contributed by atoms with Crippen LogP contribution in [0.1, 0.15) is 48.9 Å². The Bertz CT molecular complexity index is 839. The third-order valence-corrected chi connectivity index (χ3v) is 6.84. The number of aromatic nitrogens is 2. The number of nitrogens with one attached hydrogen (secondary N) is 1. The lowest BCUT2D eigenvalue weighted by Gasteiger charge is -2.35. The number of aryl methyl sites for hydroxylation is 1. The molecule has 1 unspecified atom stereocenters. The molecule has 1 N–H and O–H groups in total. The minimum Gasteiger partial charge on any atom is -0.325 e. The van der Waals surface area contributed by atoms with Gasteiger partial charge < -0.3 is 10.2 Å². The fourth-order valence-corrected chi connectivity index (χ4v) is 5.36. The number of anilines is 2.